The van der Waals surface area contributed by atoms with Gasteiger partial charge in [0.2, 0.25) is 0 Å². The molecule has 0 aliphatic rings. The van der Waals surface area contributed by atoms with Gasteiger partial charge in [0, 0.05) is 11.0 Å². The van der Waals surface area contributed by atoms with Crippen LogP contribution in [-0.4, -0.2) is 21.3 Å². The largest absolute Gasteiger partial charge is 0.433 e. The molecular weight excluding hydrogens is 390 g/mol. The van der Waals surface area contributed by atoms with Crippen molar-refractivity contribution < 1.29 is 22.4 Å². The minimum atomic E-state index is -5.05. The highest BCUT2D eigenvalue weighted by atomic mass is 35.5. The van der Waals surface area contributed by atoms with Gasteiger partial charge in [-0.05, 0) is 12.1 Å². The Hall–Kier alpha value is -2.27. The van der Waals surface area contributed by atoms with Crippen LogP contribution < -0.4 is 17.1 Å². The summed E-state index contributed by atoms with van der Waals surface area (Å²) >= 11 is 6.69. The lowest BCUT2D eigenvalue weighted by molar-refractivity contribution is -0.143. The lowest BCUT2D eigenvalue weighted by Crippen LogP contribution is -2.45. The summed E-state index contributed by atoms with van der Waals surface area (Å²) in [6.07, 6.45) is -4.50. The Labute approximate surface area is 145 Å². The van der Waals surface area contributed by atoms with Gasteiger partial charge in [0.15, 0.2) is 5.69 Å². The molecule has 0 saturated carbocycles. The van der Waals surface area contributed by atoms with Gasteiger partial charge >= 0.3 is 11.9 Å². The normalized spacial score (nSPS) is 11.6. The molecule has 25 heavy (non-hydrogen) atoms. The molecule has 0 aliphatic heterocycles. The van der Waals surface area contributed by atoms with E-state index in [4.69, 9.17) is 17.4 Å². The van der Waals surface area contributed by atoms with E-state index in [-0.39, 0.29) is 31.0 Å². The van der Waals surface area contributed by atoms with E-state index >= 15 is 0 Å². The van der Waals surface area contributed by atoms with Crippen molar-refractivity contribution in [2.75, 3.05) is 11.6 Å². The van der Waals surface area contributed by atoms with Crippen molar-refractivity contribution in [2.45, 2.75) is 11.1 Å². The molecule has 0 saturated heterocycles. The van der Waals surface area contributed by atoms with Crippen LogP contribution in [0.5, 0.6) is 0 Å². The number of hydrogen-bond donors (Lipinski definition) is 1. The van der Waals surface area contributed by atoms with E-state index in [1.165, 1.54) is 0 Å². The zero-order chi connectivity index (χ0) is 18.9. The maximum absolute atomic E-state index is 14.1. The van der Waals surface area contributed by atoms with Gasteiger partial charge in [-0.1, -0.05) is 11.6 Å². The molecule has 0 fully saturated rings. The Morgan fingerprint density at radius 1 is 1.24 bits per heavy atom. The van der Waals surface area contributed by atoms with Gasteiger partial charge < -0.3 is 10.6 Å². The summed E-state index contributed by atoms with van der Waals surface area (Å²) in [5.74, 6) is 3.93. The van der Waals surface area contributed by atoms with E-state index in [0.29, 0.717) is 6.29 Å². The second-order valence-corrected chi connectivity index (χ2v) is 6.03. The number of benzene rings is 1. The van der Waals surface area contributed by atoms with Crippen LogP contribution in [0.1, 0.15) is 5.69 Å². The summed E-state index contributed by atoms with van der Waals surface area (Å²) in [6, 6.07) is 1.82. The number of halogens is 5. The zero-order valence-corrected chi connectivity index (χ0v) is 13.6. The molecule has 134 valence electrons. The van der Waals surface area contributed by atoms with Crippen molar-refractivity contribution in [1.82, 2.24) is 9.24 Å². The number of nitrogens with two attached hydrogens (primary N) is 1. The molecule has 2 N–H and O–H groups in total. The highest BCUT2D eigenvalue weighted by Gasteiger charge is 2.36. The van der Waals surface area contributed by atoms with Gasteiger partial charge in [-0.15, -0.1) is 11.8 Å². The van der Waals surface area contributed by atoms with E-state index in [1.807, 2.05) is 0 Å². The van der Waals surface area contributed by atoms with E-state index in [9.17, 15) is 31.9 Å². The molecule has 0 atom stereocenters. The van der Waals surface area contributed by atoms with Gasteiger partial charge in [0.05, 0.1) is 16.5 Å². The van der Waals surface area contributed by atoms with Gasteiger partial charge in [0.1, 0.15) is 12.1 Å². The summed E-state index contributed by atoms with van der Waals surface area (Å²) in [5, 5.41) is -0.0962. The van der Waals surface area contributed by atoms with Gasteiger partial charge in [-0.2, -0.15) is 13.2 Å². The van der Waals surface area contributed by atoms with Crippen molar-refractivity contribution in [2.24, 2.45) is 0 Å². The van der Waals surface area contributed by atoms with Crippen molar-refractivity contribution in [3.63, 3.8) is 0 Å². The quantitative estimate of drug-likeness (QED) is 0.368. The average molecular weight is 398 g/mol. The van der Waals surface area contributed by atoms with Crippen LogP contribution in [0.2, 0.25) is 5.02 Å². The predicted octanol–water partition coefficient (Wildman–Crippen LogP) is 1.82. The van der Waals surface area contributed by atoms with Crippen LogP contribution in [0, 0.1) is 5.82 Å². The fourth-order valence-corrected chi connectivity index (χ4v) is 2.87. The Morgan fingerprint density at radius 3 is 2.44 bits per heavy atom. The van der Waals surface area contributed by atoms with Crippen molar-refractivity contribution >= 4 is 29.6 Å². The Bertz CT molecular complexity index is 955. The molecular formula is C13H8ClF4N3O3S. The number of hydrogen-bond acceptors (Lipinski definition) is 5. The number of alkyl halides is 3. The molecule has 0 amide bonds. The van der Waals surface area contributed by atoms with Gasteiger partial charge in [0.25, 0.3) is 5.56 Å². The summed E-state index contributed by atoms with van der Waals surface area (Å²) in [6.45, 7) is 0. The first kappa shape index (κ1) is 19.1. The Morgan fingerprint density at radius 2 is 1.88 bits per heavy atom. The Kier molecular flexibility index (Phi) is 5.28. The van der Waals surface area contributed by atoms with Gasteiger partial charge in [-0.25, -0.2) is 18.4 Å². The van der Waals surface area contributed by atoms with E-state index < -0.39 is 34.6 Å². The van der Waals surface area contributed by atoms with Crippen LogP contribution >= 0.6 is 23.4 Å². The maximum atomic E-state index is 14.1. The van der Waals surface area contributed by atoms with Crippen LogP contribution in [0.4, 0.5) is 17.6 Å². The standard InChI is InChI=1S/C13H8ClF4N3O3S/c14-6-3-7(15)8(4-9(6)25-2-1-22)20-11(23)5-10(13(16,17)18)21(19)12(20)24/h1,3-5H,2,19H2. The first-order valence-corrected chi connectivity index (χ1v) is 7.71. The second kappa shape index (κ2) is 6.92. The fraction of sp³-hybridized carbons (Fsp3) is 0.154. The van der Waals surface area contributed by atoms with E-state index in [0.717, 1.165) is 23.9 Å². The minimum Gasteiger partial charge on any atom is -0.335 e. The minimum absolute atomic E-state index is 0.0478. The molecule has 2 rings (SSSR count). The molecule has 6 nitrogen and oxygen atoms in total. The third-order valence-corrected chi connectivity index (χ3v) is 4.35. The summed E-state index contributed by atoms with van der Waals surface area (Å²) in [5.41, 5.74) is -5.33. The smallest absolute Gasteiger partial charge is 0.335 e. The Balaban J connectivity index is 2.75. The second-order valence-electron chi connectivity index (χ2n) is 4.57. The van der Waals surface area contributed by atoms with Crippen LogP contribution in [0.25, 0.3) is 5.69 Å². The van der Waals surface area contributed by atoms with Crippen molar-refractivity contribution in [3.8, 4) is 5.69 Å². The molecule has 1 heterocycles. The number of nitrogens with zero attached hydrogens (tertiary/aromatic N) is 2. The molecule has 0 radical (unpaired) electrons. The number of nitrogen functional groups attached to an aromatic ring is 1. The highest BCUT2D eigenvalue weighted by Crippen LogP contribution is 2.31. The third kappa shape index (κ3) is 3.71. The topological polar surface area (TPSA) is 87.1 Å². The van der Waals surface area contributed by atoms with Crippen LogP contribution in [0.3, 0.4) is 0 Å². The van der Waals surface area contributed by atoms with Crippen LogP contribution in [0.15, 0.2) is 32.7 Å². The average Bonchev–Trinajstić information content (AvgIpc) is 2.50. The summed E-state index contributed by atoms with van der Waals surface area (Å²) < 4.78 is 52.3. The number of aldehydes is 1. The van der Waals surface area contributed by atoms with Crippen molar-refractivity contribution in [3.05, 3.63) is 55.6 Å². The lowest BCUT2D eigenvalue weighted by Gasteiger charge is -2.14. The number of thioether (sulfide) groups is 1. The van der Waals surface area contributed by atoms with E-state index in [2.05, 4.69) is 0 Å². The maximum Gasteiger partial charge on any atom is 0.433 e. The first-order valence-electron chi connectivity index (χ1n) is 6.35. The molecule has 0 aliphatic carbocycles. The zero-order valence-electron chi connectivity index (χ0n) is 12.0. The summed E-state index contributed by atoms with van der Waals surface area (Å²) in [4.78, 5) is 34.6. The molecule has 12 heteroatoms. The number of rotatable bonds is 4. The molecule has 0 spiro atoms. The number of carbonyl (C=O) groups excluding carboxylic acids is 1. The molecule has 0 unspecified atom stereocenters. The molecule has 1 aromatic carbocycles. The molecule has 1 aromatic heterocycles. The fourth-order valence-electron chi connectivity index (χ4n) is 1.92. The van der Waals surface area contributed by atoms with Crippen molar-refractivity contribution in [1.29, 1.82) is 0 Å². The SMILES string of the molecule is Nn1c(C(F)(F)F)cc(=O)n(-c2cc(SCC=O)c(Cl)cc2F)c1=O. The number of carbonyl (C=O) groups is 1. The molecule has 2 aromatic rings. The summed E-state index contributed by atoms with van der Waals surface area (Å²) in [7, 11) is 0. The monoisotopic (exact) mass is 397 g/mol. The van der Waals surface area contributed by atoms with Gasteiger partial charge in [-0.3, -0.25) is 4.79 Å². The first-order chi connectivity index (χ1) is 11.6. The number of aromatic nitrogens is 2. The van der Waals surface area contributed by atoms with Crippen LogP contribution in [-0.2, 0) is 11.0 Å². The highest BCUT2D eigenvalue weighted by molar-refractivity contribution is 8.00. The third-order valence-electron chi connectivity index (χ3n) is 2.98. The van der Waals surface area contributed by atoms with E-state index in [1.54, 1.807) is 0 Å². The predicted molar refractivity (Wildman–Crippen MR) is 83.2 cm³/mol. The molecule has 0 bridgehead atoms. The lowest BCUT2D eigenvalue weighted by atomic mass is 10.3.